The van der Waals surface area contributed by atoms with Crippen LogP contribution in [0, 0.1) is 23.6 Å². The third-order valence-electron chi connectivity index (χ3n) is 5.68. The van der Waals surface area contributed by atoms with Crippen LogP contribution in [0.2, 0.25) is 5.02 Å². The molecular weight excluding hydrogens is 379 g/mol. The van der Waals surface area contributed by atoms with Crippen molar-refractivity contribution in [2.45, 2.75) is 40.5 Å². The Balaban J connectivity index is 2.19. The molecule has 0 aromatic heterocycles. The fourth-order valence-corrected chi connectivity index (χ4v) is 4.20. The average Bonchev–Trinajstić information content (AvgIpc) is 2.60. The van der Waals surface area contributed by atoms with E-state index in [1.807, 2.05) is 6.92 Å². The molecule has 3 rings (SSSR count). The summed E-state index contributed by atoms with van der Waals surface area (Å²) in [6, 6.07) is 9.50. The van der Waals surface area contributed by atoms with Crippen LogP contribution in [0.25, 0.3) is 11.1 Å². The SMILES string of the molecule is Cc1ccc(-c2cc(F)cc(Cl)c2)cc1C1C(=O)C(C)(C)C(=O)C(C)(C)C1=O. The monoisotopic (exact) mass is 400 g/mol. The predicted octanol–water partition coefficient (Wildman–Crippen LogP) is 5.31. The van der Waals surface area contributed by atoms with Gasteiger partial charge in [-0.15, -0.1) is 0 Å². The normalized spacial score (nSPS) is 19.2. The molecule has 5 heteroatoms. The summed E-state index contributed by atoms with van der Waals surface area (Å²) in [5.41, 5.74) is -0.00794. The molecule has 0 atom stereocenters. The maximum atomic E-state index is 13.8. The Morgan fingerprint density at radius 3 is 1.96 bits per heavy atom. The Morgan fingerprint density at radius 2 is 1.43 bits per heavy atom. The number of hydrogen-bond donors (Lipinski definition) is 0. The highest BCUT2D eigenvalue weighted by atomic mass is 35.5. The van der Waals surface area contributed by atoms with Gasteiger partial charge in [-0.25, -0.2) is 4.39 Å². The van der Waals surface area contributed by atoms with Crippen molar-refractivity contribution in [2.75, 3.05) is 0 Å². The van der Waals surface area contributed by atoms with E-state index in [4.69, 9.17) is 11.6 Å². The lowest BCUT2D eigenvalue weighted by molar-refractivity contribution is -0.157. The van der Waals surface area contributed by atoms with Gasteiger partial charge in [0, 0.05) is 5.02 Å². The standard InChI is InChI=1S/C23H22ClFO3/c1-12-6-7-13(14-8-15(24)11-16(25)9-14)10-17(12)18-19(26)22(2,3)21(28)23(4,5)20(18)27/h6-11,18H,1-5H3. The van der Waals surface area contributed by atoms with E-state index in [1.54, 1.807) is 52.0 Å². The molecule has 146 valence electrons. The van der Waals surface area contributed by atoms with E-state index in [0.717, 1.165) is 5.56 Å². The molecule has 0 amide bonds. The van der Waals surface area contributed by atoms with Gasteiger partial charge in [0.05, 0.1) is 10.8 Å². The van der Waals surface area contributed by atoms with Crippen molar-refractivity contribution in [3.8, 4) is 11.1 Å². The fourth-order valence-electron chi connectivity index (χ4n) is 3.98. The van der Waals surface area contributed by atoms with E-state index in [0.29, 0.717) is 16.7 Å². The largest absolute Gasteiger partial charge is 0.298 e. The number of hydrogen-bond acceptors (Lipinski definition) is 3. The van der Waals surface area contributed by atoms with Crippen LogP contribution in [0.4, 0.5) is 4.39 Å². The zero-order valence-corrected chi connectivity index (χ0v) is 17.3. The summed E-state index contributed by atoms with van der Waals surface area (Å²) in [4.78, 5) is 39.0. The molecule has 3 nitrogen and oxygen atoms in total. The molecule has 1 aliphatic carbocycles. The summed E-state index contributed by atoms with van der Waals surface area (Å²) in [6.07, 6.45) is 0. The van der Waals surface area contributed by atoms with E-state index in [-0.39, 0.29) is 10.8 Å². The molecule has 28 heavy (non-hydrogen) atoms. The van der Waals surface area contributed by atoms with Crippen LogP contribution in [-0.4, -0.2) is 17.3 Å². The molecule has 2 aromatic rings. The van der Waals surface area contributed by atoms with Crippen LogP contribution in [0.15, 0.2) is 36.4 Å². The molecular formula is C23H22ClFO3. The molecule has 2 aromatic carbocycles. The average molecular weight is 401 g/mol. The Hall–Kier alpha value is -2.33. The first-order valence-corrected chi connectivity index (χ1v) is 9.45. The molecule has 0 aliphatic heterocycles. The molecule has 1 fully saturated rings. The summed E-state index contributed by atoms with van der Waals surface area (Å²) < 4.78 is 13.8. The van der Waals surface area contributed by atoms with Crippen LogP contribution >= 0.6 is 11.6 Å². The zero-order chi connectivity index (χ0) is 21.0. The molecule has 1 aliphatic rings. The van der Waals surface area contributed by atoms with E-state index in [9.17, 15) is 18.8 Å². The van der Waals surface area contributed by atoms with Crippen LogP contribution in [0.5, 0.6) is 0 Å². The second-order valence-corrected chi connectivity index (χ2v) is 8.91. The number of carbonyl (C=O) groups excluding carboxylic acids is 3. The number of carbonyl (C=O) groups is 3. The maximum absolute atomic E-state index is 13.8. The summed E-state index contributed by atoms with van der Waals surface area (Å²) >= 11 is 5.97. The third kappa shape index (κ3) is 3.10. The first-order valence-electron chi connectivity index (χ1n) is 9.08. The molecule has 0 saturated heterocycles. The number of aryl methyl sites for hydroxylation is 1. The smallest absolute Gasteiger partial charge is 0.160 e. The Kier molecular flexibility index (Phi) is 4.83. The quantitative estimate of drug-likeness (QED) is 0.642. The van der Waals surface area contributed by atoms with Gasteiger partial charge in [0.2, 0.25) is 0 Å². The lowest BCUT2D eigenvalue weighted by Crippen LogP contribution is -2.56. The van der Waals surface area contributed by atoms with Gasteiger partial charge in [-0.3, -0.25) is 14.4 Å². The minimum atomic E-state index is -1.26. The number of benzene rings is 2. The summed E-state index contributed by atoms with van der Waals surface area (Å²) in [7, 11) is 0. The highest BCUT2D eigenvalue weighted by Gasteiger charge is 2.58. The second-order valence-electron chi connectivity index (χ2n) is 8.47. The molecule has 0 spiro atoms. The van der Waals surface area contributed by atoms with Gasteiger partial charge in [-0.1, -0.05) is 23.7 Å². The van der Waals surface area contributed by atoms with Crippen molar-refractivity contribution in [1.29, 1.82) is 0 Å². The van der Waals surface area contributed by atoms with Gasteiger partial charge in [0.15, 0.2) is 17.3 Å². The minimum absolute atomic E-state index is 0.259. The number of Topliss-reactive ketones (excluding diaryl/α,β-unsaturated/α-hetero) is 3. The van der Waals surface area contributed by atoms with Gasteiger partial charge >= 0.3 is 0 Å². The van der Waals surface area contributed by atoms with Crippen molar-refractivity contribution >= 4 is 29.0 Å². The lowest BCUT2D eigenvalue weighted by atomic mass is 9.57. The van der Waals surface area contributed by atoms with Gasteiger partial charge in [0.1, 0.15) is 11.7 Å². The van der Waals surface area contributed by atoms with Gasteiger partial charge in [0.25, 0.3) is 0 Å². The number of ketones is 3. The van der Waals surface area contributed by atoms with Crippen molar-refractivity contribution in [3.63, 3.8) is 0 Å². The van der Waals surface area contributed by atoms with Gasteiger partial charge in [-0.2, -0.15) is 0 Å². The minimum Gasteiger partial charge on any atom is -0.298 e. The summed E-state index contributed by atoms with van der Waals surface area (Å²) in [5, 5.41) is 0.259. The second kappa shape index (κ2) is 6.63. The van der Waals surface area contributed by atoms with E-state index in [2.05, 4.69) is 0 Å². The van der Waals surface area contributed by atoms with Crippen LogP contribution in [-0.2, 0) is 14.4 Å². The first-order chi connectivity index (χ1) is 12.9. The summed E-state index contributed by atoms with van der Waals surface area (Å²) in [5.74, 6) is -2.68. The Labute approximate surface area is 168 Å². The van der Waals surface area contributed by atoms with E-state index in [1.165, 1.54) is 12.1 Å². The van der Waals surface area contributed by atoms with Crippen LogP contribution in [0.1, 0.15) is 44.7 Å². The van der Waals surface area contributed by atoms with Crippen molar-refractivity contribution in [2.24, 2.45) is 10.8 Å². The molecule has 0 N–H and O–H groups in total. The molecule has 0 heterocycles. The molecule has 1 saturated carbocycles. The third-order valence-corrected chi connectivity index (χ3v) is 5.90. The number of halogens is 2. The van der Waals surface area contributed by atoms with Crippen molar-refractivity contribution in [1.82, 2.24) is 0 Å². The van der Waals surface area contributed by atoms with Crippen molar-refractivity contribution in [3.05, 3.63) is 58.4 Å². The van der Waals surface area contributed by atoms with E-state index < -0.39 is 34.1 Å². The van der Waals surface area contributed by atoms with Gasteiger partial charge < -0.3 is 0 Å². The lowest BCUT2D eigenvalue weighted by Gasteiger charge is -2.41. The summed E-state index contributed by atoms with van der Waals surface area (Å²) in [6.45, 7) is 8.11. The van der Waals surface area contributed by atoms with Gasteiger partial charge in [-0.05, 0) is 81.1 Å². The number of rotatable bonds is 2. The highest BCUT2D eigenvalue weighted by Crippen LogP contribution is 2.45. The zero-order valence-electron chi connectivity index (χ0n) is 16.5. The molecule has 0 radical (unpaired) electrons. The fraction of sp³-hybridized carbons (Fsp3) is 0.348. The Bertz CT molecular complexity index is 970. The van der Waals surface area contributed by atoms with E-state index >= 15 is 0 Å². The predicted molar refractivity (Wildman–Crippen MR) is 107 cm³/mol. The maximum Gasteiger partial charge on any atom is 0.160 e. The van der Waals surface area contributed by atoms with Crippen molar-refractivity contribution < 1.29 is 18.8 Å². The molecule has 0 unspecified atom stereocenters. The highest BCUT2D eigenvalue weighted by molar-refractivity contribution is 6.31. The molecule has 0 bridgehead atoms. The van der Waals surface area contributed by atoms with Crippen LogP contribution in [0.3, 0.4) is 0 Å². The van der Waals surface area contributed by atoms with Crippen LogP contribution < -0.4 is 0 Å². The Morgan fingerprint density at radius 1 is 0.857 bits per heavy atom. The topological polar surface area (TPSA) is 51.2 Å². The first kappa shape index (κ1) is 20.4.